The second kappa shape index (κ2) is 3.46. The van der Waals surface area contributed by atoms with E-state index < -0.39 is 0 Å². The van der Waals surface area contributed by atoms with Gasteiger partial charge in [0.2, 0.25) is 0 Å². The van der Waals surface area contributed by atoms with Gasteiger partial charge < -0.3 is 9.80 Å². The molecule has 0 aliphatic heterocycles. The smallest absolute Gasteiger partial charge is 0.146 e. The van der Waals surface area contributed by atoms with E-state index >= 15 is 0 Å². The molecule has 0 heterocycles. The van der Waals surface area contributed by atoms with Gasteiger partial charge in [0.05, 0.1) is 28.2 Å². The van der Waals surface area contributed by atoms with Gasteiger partial charge in [-0.15, -0.1) is 0 Å². The Hall–Kier alpha value is -0.0800. The molecule has 2 aliphatic rings. The van der Waals surface area contributed by atoms with Gasteiger partial charge in [-0.2, -0.15) is 0 Å². The third-order valence-corrected chi connectivity index (χ3v) is 6.14. The third kappa shape index (κ3) is 1.26. The van der Waals surface area contributed by atoms with E-state index in [1.165, 1.54) is 12.8 Å². The van der Waals surface area contributed by atoms with Gasteiger partial charge in [0.1, 0.15) is 12.1 Å². The quantitative estimate of drug-likeness (QED) is 0.626. The molecule has 2 N–H and O–H groups in total. The first-order valence-corrected chi connectivity index (χ1v) is 6.83. The van der Waals surface area contributed by atoms with Gasteiger partial charge in [0, 0.05) is 11.3 Å². The van der Waals surface area contributed by atoms with Crippen molar-refractivity contribution in [1.29, 1.82) is 0 Å². The summed E-state index contributed by atoms with van der Waals surface area (Å²) in [4.78, 5) is 3.32. The van der Waals surface area contributed by atoms with E-state index in [0.717, 1.165) is 18.0 Å². The van der Waals surface area contributed by atoms with Crippen molar-refractivity contribution >= 4 is 0 Å². The van der Waals surface area contributed by atoms with Gasteiger partial charge in [-0.25, -0.2) is 0 Å². The lowest BCUT2D eigenvalue weighted by Crippen LogP contribution is -3.22. The number of nitrogens with one attached hydrogen (secondary N) is 2. The second-order valence-electron chi connectivity index (χ2n) is 7.44. The first kappa shape index (κ1) is 12.4. The molecule has 0 aromatic rings. The van der Waals surface area contributed by atoms with Crippen LogP contribution in [0.4, 0.5) is 0 Å². The molecule has 0 saturated heterocycles. The van der Waals surface area contributed by atoms with Crippen molar-refractivity contribution in [3.63, 3.8) is 0 Å². The highest BCUT2D eigenvalue weighted by atomic mass is 15.2. The Kier molecular flexibility index (Phi) is 2.67. The maximum Gasteiger partial charge on any atom is 0.146 e. The molecule has 2 aliphatic carbocycles. The van der Waals surface area contributed by atoms with Crippen molar-refractivity contribution in [2.45, 2.75) is 45.7 Å². The van der Waals surface area contributed by atoms with E-state index in [1.54, 1.807) is 9.80 Å². The first-order valence-electron chi connectivity index (χ1n) is 6.83. The molecule has 0 radical (unpaired) electrons. The van der Waals surface area contributed by atoms with E-state index in [4.69, 9.17) is 0 Å². The van der Waals surface area contributed by atoms with Crippen LogP contribution in [0.3, 0.4) is 0 Å². The Morgan fingerprint density at radius 1 is 0.938 bits per heavy atom. The SMILES string of the molecule is C[NH+](C)[C@@H]1[C@@H]2CC[C@@](C)([C@@H]1[NH+](C)C)C2(C)C. The second-order valence-corrected chi connectivity index (χ2v) is 7.44. The molecule has 0 aromatic carbocycles. The Morgan fingerprint density at radius 2 is 1.50 bits per heavy atom. The molecule has 0 aromatic heterocycles. The minimum absolute atomic E-state index is 0.525. The van der Waals surface area contributed by atoms with Crippen LogP contribution in [-0.2, 0) is 0 Å². The van der Waals surface area contributed by atoms with Crippen LogP contribution < -0.4 is 9.80 Å². The van der Waals surface area contributed by atoms with E-state index in [0.29, 0.717) is 10.8 Å². The highest BCUT2D eigenvalue weighted by Crippen LogP contribution is 2.64. The van der Waals surface area contributed by atoms with Crippen molar-refractivity contribution in [1.82, 2.24) is 0 Å². The van der Waals surface area contributed by atoms with Crippen LogP contribution in [0.5, 0.6) is 0 Å². The Labute approximate surface area is 101 Å². The summed E-state index contributed by atoms with van der Waals surface area (Å²) in [6, 6.07) is 1.67. The monoisotopic (exact) mass is 226 g/mol. The van der Waals surface area contributed by atoms with Gasteiger partial charge in [-0.05, 0) is 18.3 Å². The lowest BCUT2D eigenvalue weighted by Gasteiger charge is -2.40. The summed E-state index contributed by atoms with van der Waals surface area (Å²) in [5.74, 6) is 0.919. The van der Waals surface area contributed by atoms with Crippen molar-refractivity contribution in [3.05, 3.63) is 0 Å². The zero-order valence-electron chi connectivity index (χ0n) is 12.1. The van der Waals surface area contributed by atoms with Crippen LogP contribution in [0.25, 0.3) is 0 Å². The average Bonchev–Trinajstić information content (AvgIpc) is 2.45. The van der Waals surface area contributed by atoms with Crippen molar-refractivity contribution in [2.24, 2.45) is 16.7 Å². The van der Waals surface area contributed by atoms with E-state index in [1.807, 2.05) is 0 Å². The molecule has 2 bridgehead atoms. The minimum Gasteiger partial charge on any atom is -0.332 e. The van der Waals surface area contributed by atoms with Gasteiger partial charge in [-0.1, -0.05) is 20.8 Å². The molecule has 2 fully saturated rings. The number of likely N-dealkylation sites (N-methyl/N-ethyl adjacent to an activating group) is 2. The number of hydrogen-bond donors (Lipinski definition) is 2. The largest absolute Gasteiger partial charge is 0.332 e. The fourth-order valence-corrected chi connectivity index (χ4v) is 5.11. The average molecular weight is 226 g/mol. The molecule has 94 valence electrons. The molecular formula is C14H30N2+2. The lowest BCUT2D eigenvalue weighted by atomic mass is 9.69. The van der Waals surface area contributed by atoms with Gasteiger partial charge in [0.25, 0.3) is 0 Å². The number of fused-ring (bicyclic) bond motifs is 2. The van der Waals surface area contributed by atoms with Gasteiger partial charge in [0.15, 0.2) is 0 Å². The van der Waals surface area contributed by atoms with Crippen molar-refractivity contribution in [2.75, 3.05) is 28.2 Å². The first-order chi connectivity index (χ1) is 7.23. The van der Waals surface area contributed by atoms with Crippen LogP contribution in [0.2, 0.25) is 0 Å². The number of quaternary nitrogens is 2. The maximum absolute atomic E-state index is 2.55. The zero-order valence-corrected chi connectivity index (χ0v) is 12.1. The maximum atomic E-state index is 2.55. The highest BCUT2D eigenvalue weighted by Gasteiger charge is 2.71. The van der Waals surface area contributed by atoms with Crippen LogP contribution in [0.1, 0.15) is 33.6 Å². The predicted molar refractivity (Wildman–Crippen MR) is 67.8 cm³/mol. The molecule has 0 amide bonds. The zero-order chi connectivity index (χ0) is 12.3. The molecule has 4 atom stereocenters. The van der Waals surface area contributed by atoms with E-state index in [2.05, 4.69) is 49.0 Å². The molecule has 2 rings (SSSR count). The predicted octanol–water partition coefficient (Wildman–Crippen LogP) is -0.531. The minimum atomic E-state index is 0.525. The molecule has 16 heavy (non-hydrogen) atoms. The van der Waals surface area contributed by atoms with Crippen LogP contribution >= 0.6 is 0 Å². The lowest BCUT2D eigenvalue weighted by molar-refractivity contribution is -0.964. The van der Waals surface area contributed by atoms with Crippen LogP contribution in [0, 0.1) is 16.7 Å². The molecular weight excluding hydrogens is 196 g/mol. The summed E-state index contributed by atoms with van der Waals surface area (Å²) in [6.07, 6.45) is 2.88. The normalized spacial score (nSPS) is 45.9. The summed E-state index contributed by atoms with van der Waals surface area (Å²) in [5.41, 5.74) is 1.06. The Balaban J connectivity index is 2.44. The molecule has 2 saturated carbocycles. The summed E-state index contributed by atoms with van der Waals surface area (Å²) < 4.78 is 0. The standard InChI is InChI=1S/C14H28N2/c1-13(2)10-8-9-14(13,3)12(16(6)7)11(10)15(4)5/h10-12H,8-9H2,1-7H3/p+2/t10-,11+,12+,14-/m0/s1. The third-order valence-electron chi connectivity index (χ3n) is 6.14. The van der Waals surface area contributed by atoms with Crippen LogP contribution in [-0.4, -0.2) is 40.3 Å². The van der Waals surface area contributed by atoms with E-state index in [-0.39, 0.29) is 0 Å². The highest BCUT2D eigenvalue weighted by molar-refractivity contribution is 5.14. The van der Waals surface area contributed by atoms with Crippen molar-refractivity contribution < 1.29 is 9.80 Å². The Bertz CT molecular complexity index is 282. The molecule has 2 nitrogen and oxygen atoms in total. The summed E-state index contributed by atoms with van der Waals surface area (Å²) in [5, 5.41) is 0. The summed E-state index contributed by atoms with van der Waals surface area (Å²) in [6.45, 7) is 7.58. The van der Waals surface area contributed by atoms with Gasteiger partial charge in [-0.3, -0.25) is 0 Å². The molecule has 0 unspecified atom stereocenters. The number of hydrogen-bond acceptors (Lipinski definition) is 0. The number of rotatable bonds is 2. The van der Waals surface area contributed by atoms with Gasteiger partial charge >= 0.3 is 0 Å². The van der Waals surface area contributed by atoms with E-state index in [9.17, 15) is 0 Å². The topological polar surface area (TPSA) is 8.88 Å². The fraction of sp³-hybridized carbons (Fsp3) is 1.00. The molecule has 0 spiro atoms. The summed E-state index contributed by atoms with van der Waals surface area (Å²) in [7, 11) is 9.40. The van der Waals surface area contributed by atoms with Crippen molar-refractivity contribution in [3.8, 4) is 0 Å². The Morgan fingerprint density at radius 3 is 1.88 bits per heavy atom. The summed E-state index contributed by atoms with van der Waals surface area (Å²) >= 11 is 0. The molecule has 2 heteroatoms. The van der Waals surface area contributed by atoms with Crippen LogP contribution in [0.15, 0.2) is 0 Å². The fourth-order valence-electron chi connectivity index (χ4n) is 5.11.